The molecule has 0 aromatic heterocycles. The van der Waals surface area contributed by atoms with Crippen LogP contribution in [0.4, 0.5) is 0 Å². The maximum atomic E-state index is 5.95. The van der Waals surface area contributed by atoms with Crippen molar-refractivity contribution < 1.29 is 4.74 Å². The second kappa shape index (κ2) is 7.50. The van der Waals surface area contributed by atoms with Crippen LogP contribution < -0.4 is 10.1 Å². The van der Waals surface area contributed by atoms with Gasteiger partial charge in [-0.05, 0) is 65.9 Å². The maximum absolute atomic E-state index is 5.95. The maximum Gasteiger partial charge on any atom is 0.131 e. The molecule has 2 aromatic carbocycles. The van der Waals surface area contributed by atoms with E-state index >= 15 is 0 Å². The average molecular weight is 367 g/mol. The van der Waals surface area contributed by atoms with Gasteiger partial charge >= 0.3 is 0 Å². The number of para-hydroxylation sites is 1. The van der Waals surface area contributed by atoms with Crippen LogP contribution in [0.2, 0.25) is 0 Å². The van der Waals surface area contributed by atoms with Crippen molar-refractivity contribution >= 4 is 22.6 Å². The number of ether oxygens (including phenoxy) is 1. The summed E-state index contributed by atoms with van der Waals surface area (Å²) >= 11 is 2.29. The molecule has 0 spiro atoms. The topological polar surface area (TPSA) is 21.3 Å². The minimum absolute atomic E-state index is 0.842. The Kier molecular flexibility index (Phi) is 5.66. The molecule has 0 fully saturated rings. The van der Waals surface area contributed by atoms with Crippen LogP contribution in [0.5, 0.6) is 11.5 Å². The first kappa shape index (κ1) is 14.3. The van der Waals surface area contributed by atoms with Gasteiger partial charge in [0.15, 0.2) is 0 Å². The van der Waals surface area contributed by atoms with Gasteiger partial charge in [0, 0.05) is 15.7 Å². The van der Waals surface area contributed by atoms with E-state index in [-0.39, 0.29) is 0 Å². The molecule has 0 atom stereocenters. The molecule has 2 rings (SSSR count). The molecular formula is C16H18INO. The Bertz CT molecular complexity index is 510. The molecule has 1 N–H and O–H groups in total. The van der Waals surface area contributed by atoms with Crippen molar-refractivity contribution in [2.45, 2.75) is 19.9 Å². The van der Waals surface area contributed by atoms with E-state index in [2.05, 4.69) is 40.9 Å². The Balaban J connectivity index is 2.08. The third-order valence-electron chi connectivity index (χ3n) is 2.76. The van der Waals surface area contributed by atoms with Crippen molar-refractivity contribution in [3.63, 3.8) is 0 Å². The second-order valence-electron chi connectivity index (χ2n) is 4.34. The number of halogens is 1. The van der Waals surface area contributed by atoms with Crippen LogP contribution in [-0.4, -0.2) is 6.54 Å². The van der Waals surface area contributed by atoms with Gasteiger partial charge in [-0.2, -0.15) is 0 Å². The number of hydrogen-bond acceptors (Lipinski definition) is 2. The molecule has 0 aliphatic rings. The Labute approximate surface area is 128 Å². The molecule has 0 heterocycles. The van der Waals surface area contributed by atoms with Crippen molar-refractivity contribution in [2.75, 3.05) is 6.54 Å². The Hall–Kier alpha value is -1.07. The average Bonchev–Trinajstić information content (AvgIpc) is 2.43. The first-order chi connectivity index (χ1) is 9.29. The van der Waals surface area contributed by atoms with Crippen LogP contribution >= 0.6 is 22.6 Å². The molecular weight excluding hydrogens is 349 g/mol. The molecule has 0 aliphatic heterocycles. The normalized spacial score (nSPS) is 10.4. The van der Waals surface area contributed by atoms with E-state index in [1.54, 1.807) is 0 Å². The smallest absolute Gasteiger partial charge is 0.131 e. The van der Waals surface area contributed by atoms with Crippen LogP contribution in [-0.2, 0) is 6.54 Å². The van der Waals surface area contributed by atoms with Gasteiger partial charge in [-0.25, -0.2) is 0 Å². The lowest BCUT2D eigenvalue weighted by molar-refractivity contribution is 0.472. The number of hydrogen-bond donors (Lipinski definition) is 1. The molecule has 2 aromatic rings. The third-order valence-corrected chi connectivity index (χ3v) is 3.48. The van der Waals surface area contributed by atoms with E-state index < -0.39 is 0 Å². The third kappa shape index (κ3) is 4.51. The fourth-order valence-corrected chi connectivity index (χ4v) is 2.14. The van der Waals surface area contributed by atoms with Crippen LogP contribution in [0.25, 0.3) is 0 Å². The van der Waals surface area contributed by atoms with E-state index in [9.17, 15) is 0 Å². The summed E-state index contributed by atoms with van der Waals surface area (Å²) in [5.41, 5.74) is 1.19. The molecule has 3 heteroatoms. The van der Waals surface area contributed by atoms with Crippen molar-refractivity contribution in [3.8, 4) is 11.5 Å². The highest BCUT2D eigenvalue weighted by Gasteiger charge is 2.03. The standard InChI is InChI=1S/C16H18INO/c1-2-11-18-12-13-5-3-4-6-16(13)19-15-9-7-14(17)8-10-15/h3-10,18H,2,11-12H2,1H3. The molecule has 0 bridgehead atoms. The molecule has 19 heavy (non-hydrogen) atoms. The fourth-order valence-electron chi connectivity index (χ4n) is 1.78. The molecule has 0 radical (unpaired) electrons. The van der Waals surface area contributed by atoms with Gasteiger partial charge in [-0.3, -0.25) is 0 Å². The van der Waals surface area contributed by atoms with Gasteiger partial charge in [0.2, 0.25) is 0 Å². The summed E-state index contributed by atoms with van der Waals surface area (Å²) < 4.78 is 7.16. The van der Waals surface area contributed by atoms with E-state index in [1.165, 1.54) is 9.13 Å². The van der Waals surface area contributed by atoms with Gasteiger partial charge in [0.25, 0.3) is 0 Å². The highest BCUT2D eigenvalue weighted by atomic mass is 127. The zero-order chi connectivity index (χ0) is 13.5. The summed E-state index contributed by atoms with van der Waals surface area (Å²) in [6.07, 6.45) is 1.14. The van der Waals surface area contributed by atoms with Gasteiger partial charge < -0.3 is 10.1 Å². The summed E-state index contributed by atoms with van der Waals surface area (Å²) in [4.78, 5) is 0. The van der Waals surface area contributed by atoms with Crippen LogP contribution in [0.3, 0.4) is 0 Å². The van der Waals surface area contributed by atoms with E-state index in [1.807, 2.05) is 42.5 Å². The molecule has 0 saturated heterocycles. The molecule has 100 valence electrons. The largest absolute Gasteiger partial charge is 0.457 e. The summed E-state index contributed by atoms with van der Waals surface area (Å²) in [5, 5.41) is 3.41. The number of rotatable bonds is 6. The summed E-state index contributed by atoms with van der Waals surface area (Å²) in [6, 6.07) is 16.3. The lowest BCUT2D eigenvalue weighted by Crippen LogP contribution is -2.14. The van der Waals surface area contributed by atoms with Crippen molar-refractivity contribution in [1.82, 2.24) is 5.32 Å². The minimum atomic E-state index is 0.842. The monoisotopic (exact) mass is 367 g/mol. The van der Waals surface area contributed by atoms with Crippen LogP contribution in [0, 0.1) is 3.57 Å². The molecule has 0 aliphatic carbocycles. The SMILES string of the molecule is CCCNCc1ccccc1Oc1ccc(I)cc1. The first-order valence-electron chi connectivity index (χ1n) is 6.51. The predicted molar refractivity (Wildman–Crippen MR) is 87.7 cm³/mol. The van der Waals surface area contributed by atoms with Crippen LogP contribution in [0.15, 0.2) is 48.5 Å². The van der Waals surface area contributed by atoms with Crippen molar-refractivity contribution in [2.24, 2.45) is 0 Å². The fraction of sp³-hybridized carbons (Fsp3) is 0.250. The number of nitrogens with one attached hydrogen (secondary N) is 1. The van der Waals surface area contributed by atoms with E-state index in [0.29, 0.717) is 0 Å². The van der Waals surface area contributed by atoms with Crippen molar-refractivity contribution in [3.05, 3.63) is 57.7 Å². The first-order valence-corrected chi connectivity index (χ1v) is 7.59. The Morgan fingerprint density at radius 2 is 1.79 bits per heavy atom. The summed E-state index contributed by atoms with van der Waals surface area (Å²) in [7, 11) is 0. The lowest BCUT2D eigenvalue weighted by Gasteiger charge is -2.11. The molecule has 0 saturated carbocycles. The lowest BCUT2D eigenvalue weighted by atomic mass is 10.2. The molecule has 0 unspecified atom stereocenters. The van der Waals surface area contributed by atoms with Gasteiger partial charge in [0.05, 0.1) is 0 Å². The van der Waals surface area contributed by atoms with Gasteiger partial charge in [-0.1, -0.05) is 25.1 Å². The van der Waals surface area contributed by atoms with Crippen LogP contribution in [0.1, 0.15) is 18.9 Å². The van der Waals surface area contributed by atoms with E-state index in [4.69, 9.17) is 4.74 Å². The predicted octanol–water partition coefficient (Wildman–Crippen LogP) is 4.58. The van der Waals surface area contributed by atoms with Crippen molar-refractivity contribution in [1.29, 1.82) is 0 Å². The zero-order valence-corrected chi connectivity index (χ0v) is 13.2. The zero-order valence-electron chi connectivity index (χ0n) is 11.0. The Morgan fingerprint density at radius 3 is 2.53 bits per heavy atom. The quantitative estimate of drug-likeness (QED) is 0.596. The summed E-state index contributed by atoms with van der Waals surface area (Å²) in [5.74, 6) is 1.80. The minimum Gasteiger partial charge on any atom is -0.457 e. The highest BCUT2D eigenvalue weighted by molar-refractivity contribution is 14.1. The van der Waals surface area contributed by atoms with Gasteiger partial charge in [0.1, 0.15) is 11.5 Å². The van der Waals surface area contributed by atoms with Gasteiger partial charge in [-0.15, -0.1) is 0 Å². The van der Waals surface area contributed by atoms with E-state index in [0.717, 1.165) is 31.0 Å². The second-order valence-corrected chi connectivity index (χ2v) is 5.59. The number of benzene rings is 2. The summed E-state index contributed by atoms with van der Waals surface area (Å²) in [6.45, 7) is 4.03. The highest BCUT2D eigenvalue weighted by Crippen LogP contribution is 2.25. The molecule has 0 amide bonds. The Morgan fingerprint density at radius 1 is 1.05 bits per heavy atom. The molecule has 2 nitrogen and oxygen atoms in total.